The summed E-state index contributed by atoms with van der Waals surface area (Å²) in [5.74, 6) is 0.0517. The second-order valence-corrected chi connectivity index (χ2v) is 4.70. The van der Waals surface area contributed by atoms with E-state index in [4.69, 9.17) is 4.42 Å². The van der Waals surface area contributed by atoms with Gasteiger partial charge in [-0.2, -0.15) is 0 Å². The van der Waals surface area contributed by atoms with E-state index in [1.165, 1.54) is 6.07 Å². The van der Waals surface area contributed by atoms with Crippen LogP contribution in [0.1, 0.15) is 13.3 Å². The van der Waals surface area contributed by atoms with Crippen molar-refractivity contribution in [2.45, 2.75) is 13.3 Å². The van der Waals surface area contributed by atoms with E-state index in [9.17, 15) is 9.59 Å². The normalized spacial score (nSPS) is 10.5. The summed E-state index contributed by atoms with van der Waals surface area (Å²) in [6, 6.07) is 8.86. The van der Waals surface area contributed by atoms with Crippen molar-refractivity contribution in [3.63, 3.8) is 0 Å². The summed E-state index contributed by atoms with van der Waals surface area (Å²) < 4.78 is 5.13. The van der Waals surface area contributed by atoms with Crippen molar-refractivity contribution in [2.75, 3.05) is 25.5 Å². The Kier molecular flexibility index (Phi) is 4.40. The predicted octanol–water partition coefficient (Wildman–Crippen LogP) is 2.07. The maximum atomic E-state index is 11.5. The summed E-state index contributed by atoms with van der Waals surface area (Å²) in [5.41, 5.74) is 0.970. The highest BCUT2D eigenvalue weighted by Gasteiger charge is 2.05. The van der Waals surface area contributed by atoms with Gasteiger partial charge in [0.05, 0.1) is 5.69 Å². The van der Waals surface area contributed by atoms with Gasteiger partial charge in [0.2, 0.25) is 5.91 Å². The number of fused-ring (bicyclic) bond motifs is 1. The van der Waals surface area contributed by atoms with Crippen molar-refractivity contribution in [2.24, 2.45) is 0 Å². The molecule has 0 aliphatic heterocycles. The number of nitrogens with one attached hydrogen (secondary N) is 1. The van der Waals surface area contributed by atoms with Crippen LogP contribution in [0.3, 0.4) is 0 Å². The molecule has 0 aliphatic rings. The average Bonchev–Trinajstić information content (AvgIpc) is 2.42. The van der Waals surface area contributed by atoms with Crippen molar-refractivity contribution in [3.05, 3.63) is 40.8 Å². The second-order valence-electron chi connectivity index (χ2n) is 4.70. The number of hydrogen-bond acceptors (Lipinski definition) is 4. The van der Waals surface area contributed by atoms with Crippen molar-refractivity contribution in [1.82, 2.24) is 4.90 Å². The molecule has 0 unspecified atom stereocenters. The maximum absolute atomic E-state index is 11.5. The molecule has 0 bridgehead atoms. The van der Waals surface area contributed by atoms with Crippen LogP contribution < -0.4 is 10.9 Å². The second kappa shape index (κ2) is 6.23. The van der Waals surface area contributed by atoms with Gasteiger partial charge in [0.1, 0.15) is 5.58 Å². The molecule has 2 aromatic rings. The zero-order valence-electron chi connectivity index (χ0n) is 11.7. The lowest BCUT2D eigenvalue weighted by Gasteiger charge is -2.15. The highest BCUT2D eigenvalue weighted by atomic mass is 16.4. The molecule has 2 rings (SSSR count). The number of benzene rings is 1. The minimum Gasteiger partial charge on any atom is -0.423 e. The van der Waals surface area contributed by atoms with E-state index in [0.29, 0.717) is 18.7 Å². The van der Waals surface area contributed by atoms with Gasteiger partial charge in [-0.05, 0) is 18.6 Å². The van der Waals surface area contributed by atoms with Crippen LogP contribution in [0.15, 0.2) is 39.5 Å². The molecule has 1 amide bonds. The zero-order valence-corrected chi connectivity index (χ0v) is 11.7. The first-order chi connectivity index (χ1) is 9.58. The van der Waals surface area contributed by atoms with E-state index in [-0.39, 0.29) is 11.5 Å². The molecule has 5 nitrogen and oxygen atoms in total. The molecule has 1 N–H and O–H groups in total. The van der Waals surface area contributed by atoms with Crippen LogP contribution in [-0.4, -0.2) is 30.9 Å². The van der Waals surface area contributed by atoms with E-state index in [2.05, 4.69) is 5.32 Å². The number of amides is 1. The van der Waals surface area contributed by atoms with Gasteiger partial charge in [-0.3, -0.25) is 4.79 Å². The largest absolute Gasteiger partial charge is 0.423 e. The summed E-state index contributed by atoms with van der Waals surface area (Å²) in [4.78, 5) is 24.2. The lowest BCUT2D eigenvalue weighted by molar-refractivity contribution is -0.127. The Bertz CT molecular complexity index is 663. The molecule has 106 valence electrons. The summed E-state index contributed by atoms with van der Waals surface area (Å²) in [5, 5.41) is 4.11. The predicted molar refractivity (Wildman–Crippen MR) is 78.9 cm³/mol. The summed E-state index contributed by atoms with van der Waals surface area (Å²) >= 11 is 0. The molecule has 1 aromatic carbocycles. The lowest BCUT2D eigenvalue weighted by atomic mass is 10.2. The Morgan fingerprint density at radius 1 is 1.35 bits per heavy atom. The van der Waals surface area contributed by atoms with Gasteiger partial charge in [-0.15, -0.1) is 0 Å². The third-order valence-electron chi connectivity index (χ3n) is 3.17. The molecule has 0 aliphatic carbocycles. The van der Waals surface area contributed by atoms with E-state index in [1.807, 2.05) is 18.2 Å². The van der Waals surface area contributed by atoms with E-state index in [1.54, 1.807) is 24.9 Å². The van der Waals surface area contributed by atoms with Crippen molar-refractivity contribution in [3.8, 4) is 0 Å². The Morgan fingerprint density at radius 3 is 2.85 bits per heavy atom. The topological polar surface area (TPSA) is 62.6 Å². The third-order valence-corrected chi connectivity index (χ3v) is 3.17. The molecular formula is C15H18N2O3. The van der Waals surface area contributed by atoms with E-state index < -0.39 is 0 Å². The molecule has 0 radical (unpaired) electrons. The number of hydrogen-bond donors (Lipinski definition) is 1. The molecule has 0 atom stereocenters. The Labute approximate surface area is 117 Å². The van der Waals surface area contributed by atoms with Crippen LogP contribution in [0, 0.1) is 0 Å². The standard InChI is InChI=1S/C15H18N2O3/c1-11(18)17(2)9-5-8-16-13-10-15(19)20-14-7-4-3-6-12(13)14/h3-4,6-7,10,16H,5,8-9H2,1-2H3. The summed E-state index contributed by atoms with van der Waals surface area (Å²) in [6.07, 6.45) is 0.810. The smallest absolute Gasteiger partial charge is 0.338 e. The number of para-hydroxylation sites is 1. The fourth-order valence-corrected chi connectivity index (χ4v) is 1.95. The first kappa shape index (κ1) is 14.1. The number of carbonyl (C=O) groups is 1. The molecule has 1 heterocycles. The molecule has 0 saturated carbocycles. The molecule has 0 spiro atoms. The van der Waals surface area contributed by atoms with Crippen LogP contribution >= 0.6 is 0 Å². The van der Waals surface area contributed by atoms with Gasteiger partial charge < -0.3 is 14.6 Å². The molecule has 5 heteroatoms. The van der Waals surface area contributed by atoms with Crippen LogP contribution in [-0.2, 0) is 4.79 Å². The van der Waals surface area contributed by atoms with Crippen LogP contribution in [0.5, 0.6) is 0 Å². The molecular weight excluding hydrogens is 256 g/mol. The fourth-order valence-electron chi connectivity index (χ4n) is 1.95. The number of carbonyl (C=O) groups excluding carboxylic acids is 1. The lowest BCUT2D eigenvalue weighted by Crippen LogP contribution is -2.26. The quantitative estimate of drug-likeness (QED) is 0.669. The van der Waals surface area contributed by atoms with Crippen molar-refractivity contribution >= 4 is 22.6 Å². The van der Waals surface area contributed by atoms with Gasteiger partial charge in [-0.25, -0.2) is 4.79 Å². The zero-order chi connectivity index (χ0) is 14.5. The minimum atomic E-state index is -0.368. The van der Waals surface area contributed by atoms with Gasteiger partial charge in [0, 0.05) is 38.5 Å². The first-order valence-corrected chi connectivity index (χ1v) is 6.56. The third kappa shape index (κ3) is 3.38. The van der Waals surface area contributed by atoms with Crippen molar-refractivity contribution < 1.29 is 9.21 Å². The highest BCUT2D eigenvalue weighted by Crippen LogP contribution is 2.20. The first-order valence-electron chi connectivity index (χ1n) is 6.56. The molecule has 20 heavy (non-hydrogen) atoms. The molecule has 0 fully saturated rings. The Hall–Kier alpha value is -2.30. The van der Waals surface area contributed by atoms with E-state index >= 15 is 0 Å². The summed E-state index contributed by atoms with van der Waals surface area (Å²) in [7, 11) is 1.77. The van der Waals surface area contributed by atoms with Crippen LogP contribution in [0.2, 0.25) is 0 Å². The monoisotopic (exact) mass is 274 g/mol. The average molecular weight is 274 g/mol. The Morgan fingerprint density at radius 2 is 2.10 bits per heavy atom. The Balaban J connectivity index is 2.03. The highest BCUT2D eigenvalue weighted by molar-refractivity contribution is 5.89. The van der Waals surface area contributed by atoms with Crippen molar-refractivity contribution in [1.29, 1.82) is 0 Å². The molecule has 0 saturated heterocycles. The van der Waals surface area contributed by atoms with E-state index in [0.717, 1.165) is 17.5 Å². The van der Waals surface area contributed by atoms with Crippen LogP contribution in [0.25, 0.3) is 11.0 Å². The maximum Gasteiger partial charge on any atom is 0.338 e. The summed E-state index contributed by atoms with van der Waals surface area (Å²) in [6.45, 7) is 2.91. The van der Waals surface area contributed by atoms with Gasteiger partial charge in [-0.1, -0.05) is 12.1 Å². The number of nitrogens with zero attached hydrogens (tertiary/aromatic N) is 1. The van der Waals surface area contributed by atoms with Crippen LogP contribution in [0.4, 0.5) is 5.69 Å². The number of rotatable bonds is 5. The fraction of sp³-hybridized carbons (Fsp3) is 0.333. The molecule has 1 aromatic heterocycles. The van der Waals surface area contributed by atoms with Gasteiger partial charge in [0.25, 0.3) is 0 Å². The van der Waals surface area contributed by atoms with Gasteiger partial charge in [0.15, 0.2) is 0 Å². The number of anilines is 1. The SMILES string of the molecule is CC(=O)N(C)CCCNc1cc(=O)oc2ccccc12. The minimum absolute atomic E-state index is 0.0517. The van der Waals surface area contributed by atoms with Gasteiger partial charge >= 0.3 is 5.63 Å².